The van der Waals surface area contributed by atoms with E-state index in [1.54, 1.807) is 0 Å². The van der Waals surface area contributed by atoms with Crippen molar-refractivity contribution < 1.29 is 73.4 Å². The quantitative estimate of drug-likeness (QED) is 0.199. The minimum atomic E-state index is -1.72. The smallest absolute Gasteiger partial charge is 0.338 e. The molecule has 2 saturated heterocycles. The average Bonchev–Trinajstić information content (AvgIpc) is 3.00. The molecule has 6 N–H and O–H groups in total. The molecule has 2 aromatic rings. The van der Waals surface area contributed by atoms with Crippen LogP contribution in [0.5, 0.6) is 17.2 Å². The van der Waals surface area contributed by atoms with Gasteiger partial charge in [-0.15, -0.1) is 0 Å². The maximum absolute atomic E-state index is 12.8. The van der Waals surface area contributed by atoms with Gasteiger partial charge in [0, 0.05) is 0 Å². The number of carbonyl (C=O) groups excluding carboxylic acids is 2. The Hall–Kier alpha value is -3.54. The van der Waals surface area contributed by atoms with Crippen molar-refractivity contribution in [2.75, 3.05) is 20.3 Å². The molecule has 15 nitrogen and oxygen atoms in total. The molecule has 15 heteroatoms. The van der Waals surface area contributed by atoms with Crippen molar-refractivity contribution in [3.63, 3.8) is 0 Å². The zero-order valence-electron chi connectivity index (χ0n) is 22.1. The van der Waals surface area contributed by atoms with Gasteiger partial charge in [-0.2, -0.15) is 0 Å². The molecule has 6 aliphatic heterocycles. The van der Waals surface area contributed by atoms with E-state index in [0.29, 0.717) is 0 Å². The summed E-state index contributed by atoms with van der Waals surface area (Å²) in [6.07, 6.45) is -15.6. The molecule has 0 aliphatic carbocycles. The van der Waals surface area contributed by atoms with E-state index >= 15 is 0 Å². The summed E-state index contributed by atoms with van der Waals surface area (Å²) in [4.78, 5) is 25.4. The van der Waals surface area contributed by atoms with Crippen molar-refractivity contribution in [1.82, 2.24) is 0 Å². The van der Waals surface area contributed by atoms with Crippen LogP contribution in [0.2, 0.25) is 0 Å². The van der Waals surface area contributed by atoms with Crippen LogP contribution in [0.15, 0.2) is 42.5 Å². The van der Waals surface area contributed by atoms with Gasteiger partial charge in [0.25, 0.3) is 0 Å². The first-order valence-corrected chi connectivity index (χ1v) is 12.9. The molecular weight excluding hydrogens is 564 g/mol. The van der Waals surface area contributed by atoms with E-state index in [0.717, 1.165) is 0 Å². The molecule has 0 spiro atoms. The van der Waals surface area contributed by atoms with Gasteiger partial charge in [-0.05, 0) is 42.5 Å². The number of rotatable bonds is 1. The Labute approximate surface area is 238 Å². The number of carbonyl (C=O) groups is 2. The number of methoxy groups -OCH3 is 1. The van der Waals surface area contributed by atoms with Crippen LogP contribution in [0.4, 0.5) is 0 Å². The Morgan fingerprint density at radius 3 is 1.69 bits per heavy atom. The van der Waals surface area contributed by atoms with E-state index in [1.165, 1.54) is 49.6 Å². The molecule has 8 bridgehead atoms. The summed E-state index contributed by atoms with van der Waals surface area (Å²) in [5.74, 6) is -1.56. The fourth-order valence-corrected chi connectivity index (χ4v) is 4.61. The number of benzene rings is 2. The predicted molar refractivity (Wildman–Crippen MR) is 135 cm³/mol. The van der Waals surface area contributed by atoms with E-state index in [4.69, 9.17) is 33.2 Å². The van der Waals surface area contributed by atoms with Crippen LogP contribution in [0, 0.1) is 0 Å². The molecule has 2 aromatic carbocycles. The third-order valence-corrected chi connectivity index (χ3v) is 7.08. The summed E-state index contributed by atoms with van der Waals surface area (Å²) in [7, 11) is 1.28. The molecule has 0 saturated carbocycles. The number of esters is 2. The van der Waals surface area contributed by atoms with Crippen molar-refractivity contribution in [1.29, 1.82) is 0 Å². The number of aliphatic hydroxyl groups excluding tert-OH is 6. The molecular formula is C27H30O15. The third-order valence-electron chi connectivity index (χ3n) is 7.08. The molecule has 0 radical (unpaired) electrons. The van der Waals surface area contributed by atoms with Crippen molar-refractivity contribution in [2.24, 2.45) is 0 Å². The average molecular weight is 595 g/mol. The molecule has 6 aliphatic rings. The predicted octanol–water partition coefficient (Wildman–Crippen LogP) is -1.90. The minimum absolute atomic E-state index is 0.00882. The van der Waals surface area contributed by atoms with Crippen LogP contribution in [0.3, 0.4) is 0 Å². The molecule has 0 amide bonds. The lowest BCUT2D eigenvalue weighted by Crippen LogP contribution is -2.60. The highest BCUT2D eigenvalue weighted by atomic mass is 16.7. The maximum Gasteiger partial charge on any atom is 0.338 e. The number of ether oxygens (including phenoxy) is 7. The highest BCUT2D eigenvalue weighted by Crippen LogP contribution is 2.33. The summed E-state index contributed by atoms with van der Waals surface area (Å²) in [6.45, 7) is -1.05. The summed E-state index contributed by atoms with van der Waals surface area (Å²) >= 11 is 0. The van der Waals surface area contributed by atoms with E-state index in [1.807, 2.05) is 0 Å². The van der Waals surface area contributed by atoms with E-state index in [-0.39, 0.29) is 28.4 Å². The zero-order valence-corrected chi connectivity index (χ0v) is 22.1. The fourth-order valence-electron chi connectivity index (χ4n) is 4.61. The Bertz CT molecular complexity index is 1270. The summed E-state index contributed by atoms with van der Waals surface area (Å²) < 4.78 is 38.3. The van der Waals surface area contributed by atoms with Gasteiger partial charge in [-0.3, -0.25) is 0 Å². The molecule has 2 fully saturated rings. The third kappa shape index (κ3) is 5.99. The van der Waals surface area contributed by atoms with Crippen molar-refractivity contribution in [3.8, 4) is 17.2 Å². The molecule has 6 heterocycles. The summed E-state index contributed by atoms with van der Waals surface area (Å²) in [5, 5.41) is 62.4. The Balaban J connectivity index is 1.45. The number of hydrogen-bond donors (Lipinski definition) is 6. The largest absolute Gasteiger partial charge is 0.493 e. The molecule has 228 valence electrons. The molecule has 42 heavy (non-hydrogen) atoms. The Kier molecular flexibility index (Phi) is 8.81. The molecule has 10 unspecified atom stereocenters. The van der Waals surface area contributed by atoms with Gasteiger partial charge in [0.15, 0.2) is 11.5 Å². The van der Waals surface area contributed by atoms with Crippen LogP contribution >= 0.6 is 0 Å². The van der Waals surface area contributed by atoms with E-state index in [2.05, 4.69) is 0 Å². The topological polar surface area (TPSA) is 220 Å². The van der Waals surface area contributed by atoms with Gasteiger partial charge < -0.3 is 63.8 Å². The van der Waals surface area contributed by atoms with Gasteiger partial charge >= 0.3 is 11.9 Å². The number of hydrogen-bond acceptors (Lipinski definition) is 15. The van der Waals surface area contributed by atoms with Crippen LogP contribution in [0.1, 0.15) is 20.7 Å². The first kappa shape index (κ1) is 29.9. The van der Waals surface area contributed by atoms with Gasteiger partial charge in [0.1, 0.15) is 67.8 Å². The second-order valence-corrected chi connectivity index (χ2v) is 9.85. The zero-order chi connectivity index (χ0) is 30.1. The summed E-state index contributed by atoms with van der Waals surface area (Å²) in [5.41, 5.74) is 0.0591. The Morgan fingerprint density at radius 2 is 1.14 bits per heavy atom. The summed E-state index contributed by atoms with van der Waals surface area (Å²) in [6, 6.07) is 9.26. The van der Waals surface area contributed by atoms with Gasteiger partial charge in [0.2, 0.25) is 12.6 Å². The SMILES string of the molecule is COc1cc2ccc1OC1OC(COC(=O)c3ccc(cc3)OC3OC(COC2=O)C(O)C(O)C3O)C(O)C(O)C1O. The van der Waals surface area contributed by atoms with Crippen LogP contribution in [0.25, 0.3) is 0 Å². The van der Waals surface area contributed by atoms with Crippen molar-refractivity contribution >= 4 is 11.9 Å². The first-order chi connectivity index (χ1) is 20.1. The number of aliphatic hydroxyl groups is 6. The molecule has 0 aromatic heterocycles. The highest BCUT2D eigenvalue weighted by Gasteiger charge is 2.47. The minimum Gasteiger partial charge on any atom is -0.493 e. The first-order valence-electron chi connectivity index (χ1n) is 12.9. The van der Waals surface area contributed by atoms with Crippen LogP contribution < -0.4 is 14.2 Å². The van der Waals surface area contributed by atoms with Crippen LogP contribution in [-0.2, 0) is 18.9 Å². The lowest BCUT2D eigenvalue weighted by molar-refractivity contribution is -0.277. The normalized spacial score (nSPS) is 35.5. The van der Waals surface area contributed by atoms with Gasteiger partial charge in [0.05, 0.1) is 18.2 Å². The Morgan fingerprint density at radius 1 is 0.643 bits per heavy atom. The monoisotopic (exact) mass is 594 g/mol. The second kappa shape index (κ2) is 12.4. The van der Waals surface area contributed by atoms with E-state index < -0.39 is 86.6 Å². The van der Waals surface area contributed by atoms with E-state index in [9.17, 15) is 40.2 Å². The van der Waals surface area contributed by atoms with Gasteiger partial charge in [-0.25, -0.2) is 9.59 Å². The van der Waals surface area contributed by atoms with Crippen LogP contribution in [-0.4, -0.2) is 124 Å². The molecule has 10 atom stereocenters. The maximum atomic E-state index is 12.8. The van der Waals surface area contributed by atoms with Crippen molar-refractivity contribution in [3.05, 3.63) is 53.6 Å². The van der Waals surface area contributed by atoms with Gasteiger partial charge in [-0.1, -0.05) is 0 Å². The lowest BCUT2D eigenvalue weighted by atomic mass is 9.99. The van der Waals surface area contributed by atoms with Crippen molar-refractivity contribution in [2.45, 2.75) is 61.4 Å². The standard InChI is InChI=1S/C27H30O15/c1-36-15-8-12-4-7-14(15)40-27-23(33)21(31)19(29)17(42-27)9-37-24(34)11-2-5-13(6-3-11)39-26-22(32)20(30)18(28)16(41-26)10-38-25(12)35/h2-8,16-23,26-33H,9-10H2,1H3. The molecule has 8 rings (SSSR count). The second-order valence-electron chi connectivity index (χ2n) is 9.85. The lowest BCUT2D eigenvalue weighted by Gasteiger charge is -2.40. The fraction of sp³-hybridized carbons (Fsp3) is 0.481. The highest BCUT2D eigenvalue weighted by molar-refractivity contribution is 5.90.